The van der Waals surface area contributed by atoms with E-state index in [9.17, 15) is 0 Å². The Labute approximate surface area is 314 Å². The van der Waals surface area contributed by atoms with Gasteiger partial charge in [-0.3, -0.25) is 19.9 Å². The summed E-state index contributed by atoms with van der Waals surface area (Å²) in [7, 11) is 0. The Balaban J connectivity index is 0.000000185. The molecule has 5 heterocycles. The van der Waals surface area contributed by atoms with Crippen LogP contribution in [0.4, 0.5) is 0 Å². The molecular formula is C44H54Cl2N4O. The number of hydrogen-bond donors (Lipinski definition) is 0. The molecule has 0 unspecified atom stereocenters. The van der Waals surface area contributed by atoms with E-state index in [1.165, 1.54) is 86.1 Å². The van der Waals surface area contributed by atoms with Gasteiger partial charge in [0.15, 0.2) is 0 Å². The number of benzene rings is 2. The standard InChI is InChI=1S/C26H36N2.C14H10Cl2N2.C4H8O/c1-5-7-9-11-13-21-17-19(3)27-25-23(21)15-16-24-22(14-12-10-8-6-2)18-20(4)28-26(24)25;1-7-5-11(15)9-3-4-10-12(16)6-8(2)18-14(10)13(9)17-7;1-2-4-5-3-1/h15-18H,5-14H2,1-4H3;3-6H,1-2H3;1-4H2. The molecule has 0 atom stereocenters. The second-order valence-electron chi connectivity index (χ2n) is 14.0. The van der Waals surface area contributed by atoms with E-state index in [-0.39, 0.29) is 0 Å². The summed E-state index contributed by atoms with van der Waals surface area (Å²) < 4.78 is 4.94. The zero-order chi connectivity index (χ0) is 36.3. The fourth-order valence-corrected chi connectivity index (χ4v) is 7.56. The second-order valence-corrected chi connectivity index (χ2v) is 14.8. The number of aryl methyl sites for hydroxylation is 6. The zero-order valence-electron chi connectivity index (χ0n) is 31.5. The number of aromatic nitrogens is 4. The molecule has 1 saturated heterocycles. The van der Waals surface area contributed by atoms with Crippen LogP contribution < -0.4 is 0 Å². The van der Waals surface area contributed by atoms with Gasteiger partial charge in [-0.15, -0.1) is 0 Å². The van der Waals surface area contributed by atoms with Crippen molar-refractivity contribution in [2.75, 3.05) is 13.2 Å². The van der Waals surface area contributed by atoms with Gasteiger partial charge < -0.3 is 4.74 Å². The van der Waals surface area contributed by atoms with Crippen LogP contribution >= 0.6 is 23.2 Å². The third-order valence-electron chi connectivity index (χ3n) is 9.53. The van der Waals surface area contributed by atoms with E-state index in [1.54, 1.807) is 0 Å². The molecule has 1 aliphatic rings. The molecular weight excluding hydrogens is 671 g/mol. The lowest BCUT2D eigenvalue weighted by Crippen LogP contribution is -1.98. The molecule has 0 saturated carbocycles. The molecule has 1 aliphatic heterocycles. The summed E-state index contributed by atoms with van der Waals surface area (Å²) in [5.74, 6) is 0. The van der Waals surface area contributed by atoms with Crippen LogP contribution in [-0.2, 0) is 17.6 Å². The molecule has 0 bridgehead atoms. The fraction of sp³-hybridized carbons (Fsp3) is 0.455. The highest BCUT2D eigenvalue weighted by molar-refractivity contribution is 6.38. The predicted octanol–water partition coefficient (Wildman–Crippen LogP) is 13.1. The normalized spacial score (nSPS) is 12.7. The van der Waals surface area contributed by atoms with Gasteiger partial charge in [-0.05, 0) is 102 Å². The summed E-state index contributed by atoms with van der Waals surface area (Å²) in [5.41, 5.74) is 10.7. The molecule has 4 aromatic heterocycles. The van der Waals surface area contributed by atoms with Crippen LogP contribution in [0, 0.1) is 27.7 Å². The average Bonchev–Trinajstić information content (AvgIpc) is 3.69. The second kappa shape index (κ2) is 18.9. The van der Waals surface area contributed by atoms with E-state index in [1.807, 2.05) is 38.1 Å². The minimum atomic E-state index is 0.693. The monoisotopic (exact) mass is 724 g/mol. The van der Waals surface area contributed by atoms with Crippen molar-refractivity contribution in [3.05, 3.63) is 92.5 Å². The lowest BCUT2D eigenvalue weighted by atomic mass is 9.96. The van der Waals surface area contributed by atoms with Crippen LogP contribution in [0.5, 0.6) is 0 Å². The highest BCUT2D eigenvalue weighted by atomic mass is 35.5. The van der Waals surface area contributed by atoms with Gasteiger partial charge in [-0.1, -0.05) is 99.8 Å². The first-order valence-electron chi connectivity index (χ1n) is 19.0. The SMILES string of the molecule is C1CCOC1.CCCCCCc1cc(C)nc2c1ccc1c(CCCCCC)cc(C)nc12.Cc1cc(Cl)c2ccc3c(Cl)cc(C)nc3c2n1. The van der Waals surface area contributed by atoms with Crippen molar-refractivity contribution in [3.8, 4) is 0 Å². The Bertz CT molecular complexity index is 1940. The third kappa shape index (κ3) is 10.2. The number of halogens is 2. The molecule has 6 aromatic rings. The van der Waals surface area contributed by atoms with E-state index in [4.69, 9.17) is 37.9 Å². The van der Waals surface area contributed by atoms with Crippen molar-refractivity contribution >= 4 is 66.8 Å². The van der Waals surface area contributed by atoms with Crippen LogP contribution in [0.15, 0.2) is 48.5 Å². The first kappa shape index (κ1) is 38.8. The Morgan fingerprint density at radius 3 is 1.20 bits per heavy atom. The van der Waals surface area contributed by atoms with Crippen molar-refractivity contribution in [2.45, 2.75) is 119 Å². The Hall–Kier alpha value is -3.38. The van der Waals surface area contributed by atoms with Gasteiger partial charge in [0.25, 0.3) is 0 Å². The number of ether oxygens (including phenoxy) is 1. The molecule has 2 aromatic carbocycles. The van der Waals surface area contributed by atoms with Crippen molar-refractivity contribution in [3.63, 3.8) is 0 Å². The highest BCUT2D eigenvalue weighted by Crippen LogP contribution is 2.33. The zero-order valence-corrected chi connectivity index (χ0v) is 33.0. The van der Waals surface area contributed by atoms with Gasteiger partial charge >= 0.3 is 0 Å². The van der Waals surface area contributed by atoms with Gasteiger partial charge in [0.05, 0.1) is 32.1 Å². The van der Waals surface area contributed by atoms with Gasteiger partial charge in [0, 0.05) is 57.5 Å². The molecule has 0 spiro atoms. The lowest BCUT2D eigenvalue weighted by Gasteiger charge is -2.13. The smallest absolute Gasteiger partial charge is 0.0983 e. The Kier molecular flexibility index (Phi) is 14.4. The maximum Gasteiger partial charge on any atom is 0.0983 e. The molecule has 1 fully saturated rings. The third-order valence-corrected chi connectivity index (χ3v) is 10.2. The van der Waals surface area contributed by atoms with Crippen LogP contribution in [0.3, 0.4) is 0 Å². The summed E-state index contributed by atoms with van der Waals surface area (Å²) in [6, 6.07) is 16.7. The van der Waals surface area contributed by atoms with Crippen LogP contribution in [0.25, 0.3) is 43.6 Å². The molecule has 0 amide bonds. The van der Waals surface area contributed by atoms with E-state index >= 15 is 0 Å². The summed E-state index contributed by atoms with van der Waals surface area (Å²) in [5, 5.41) is 5.79. The van der Waals surface area contributed by atoms with Crippen molar-refractivity contribution in [1.82, 2.24) is 19.9 Å². The van der Waals surface area contributed by atoms with Gasteiger partial charge in [-0.25, -0.2) is 0 Å². The quantitative estimate of drug-likeness (QED) is 0.104. The van der Waals surface area contributed by atoms with Gasteiger partial charge in [0.2, 0.25) is 0 Å². The largest absolute Gasteiger partial charge is 0.381 e. The summed E-state index contributed by atoms with van der Waals surface area (Å²) >= 11 is 12.5. The number of fused-ring (bicyclic) bond motifs is 6. The summed E-state index contributed by atoms with van der Waals surface area (Å²) in [6.07, 6.45) is 15.2. The van der Waals surface area contributed by atoms with Crippen LogP contribution in [-0.4, -0.2) is 33.1 Å². The number of unbranched alkanes of at least 4 members (excludes halogenated alkanes) is 6. The first-order chi connectivity index (χ1) is 24.7. The minimum absolute atomic E-state index is 0.693. The van der Waals surface area contributed by atoms with Gasteiger partial charge in [-0.2, -0.15) is 0 Å². The maximum absolute atomic E-state index is 6.24. The molecule has 0 radical (unpaired) electrons. The fourth-order valence-electron chi connectivity index (χ4n) is 6.94. The van der Waals surface area contributed by atoms with Gasteiger partial charge in [0.1, 0.15) is 0 Å². The molecule has 270 valence electrons. The number of pyridine rings is 4. The first-order valence-corrected chi connectivity index (χ1v) is 19.8. The van der Waals surface area contributed by atoms with Crippen molar-refractivity contribution < 1.29 is 4.74 Å². The van der Waals surface area contributed by atoms with E-state index in [0.717, 1.165) is 81.7 Å². The van der Waals surface area contributed by atoms with Crippen LogP contribution in [0.1, 0.15) is 112 Å². The van der Waals surface area contributed by atoms with E-state index in [2.05, 4.69) is 61.9 Å². The Morgan fingerprint density at radius 1 is 0.490 bits per heavy atom. The van der Waals surface area contributed by atoms with Crippen LogP contribution in [0.2, 0.25) is 10.0 Å². The predicted molar refractivity (Wildman–Crippen MR) is 219 cm³/mol. The van der Waals surface area contributed by atoms with Crippen molar-refractivity contribution in [2.24, 2.45) is 0 Å². The Morgan fingerprint density at radius 2 is 0.843 bits per heavy atom. The average molecular weight is 726 g/mol. The summed E-state index contributed by atoms with van der Waals surface area (Å²) in [6.45, 7) is 14.6. The number of hydrogen-bond acceptors (Lipinski definition) is 5. The molecule has 0 aliphatic carbocycles. The topological polar surface area (TPSA) is 60.8 Å². The molecule has 0 N–H and O–H groups in total. The number of nitrogens with zero attached hydrogens (tertiary/aromatic N) is 4. The maximum atomic E-state index is 6.24. The van der Waals surface area contributed by atoms with Crippen molar-refractivity contribution in [1.29, 1.82) is 0 Å². The summed E-state index contributed by atoms with van der Waals surface area (Å²) in [4.78, 5) is 19.0. The van der Waals surface area contributed by atoms with E-state index < -0.39 is 0 Å². The minimum Gasteiger partial charge on any atom is -0.381 e. The molecule has 7 heteroatoms. The molecule has 51 heavy (non-hydrogen) atoms. The molecule has 7 rings (SSSR count). The van der Waals surface area contributed by atoms with E-state index in [0.29, 0.717) is 10.0 Å². The highest BCUT2D eigenvalue weighted by Gasteiger charge is 2.13. The number of rotatable bonds is 10. The molecule has 5 nitrogen and oxygen atoms in total. The lowest BCUT2D eigenvalue weighted by molar-refractivity contribution is 0.198.